The zero-order chi connectivity index (χ0) is 14.8. The third kappa shape index (κ3) is 3.36. The lowest BCUT2D eigenvalue weighted by atomic mass is 10.3. The van der Waals surface area contributed by atoms with E-state index in [0.717, 1.165) is 17.0 Å². The average Bonchev–Trinajstić information content (AvgIpc) is 2.26. The standard InChI is InChI=1S/C11H11F3N2O3/c1-7(15(2)3)11(13,14)19-10-6-8(12)4-5-9(10)16(17)18/h4-6H,1H2,2-3H3. The molecule has 0 unspecified atom stereocenters. The molecule has 0 N–H and O–H groups in total. The van der Waals surface area contributed by atoms with Crippen molar-refractivity contribution in [3.05, 3.63) is 46.4 Å². The molecule has 0 bridgehead atoms. The zero-order valence-electron chi connectivity index (χ0n) is 10.2. The van der Waals surface area contributed by atoms with Crippen LogP contribution in [0.4, 0.5) is 18.9 Å². The van der Waals surface area contributed by atoms with Gasteiger partial charge in [0.2, 0.25) is 5.75 Å². The molecule has 104 valence electrons. The molecule has 0 aromatic heterocycles. The van der Waals surface area contributed by atoms with Crippen molar-refractivity contribution in [1.29, 1.82) is 0 Å². The summed E-state index contributed by atoms with van der Waals surface area (Å²) in [6, 6.07) is 2.05. The number of nitro benzene ring substituents is 1. The molecule has 0 aliphatic heterocycles. The van der Waals surface area contributed by atoms with Gasteiger partial charge in [0.15, 0.2) is 0 Å². The van der Waals surface area contributed by atoms with Crippen molar-refractivity contribution in [1.82, 2.24) is 4.90 Å². The topological polar surface area (TPSA) is 55.6 Å². The lowest BCUT2D eigenvalue weighted by Crippen LogP contribution is -2.34. The monoisotopic (exact) mass is 276 g/mol. The molecule has 0 spiro atoms. The van der Waals surface area contributed by atoms with Crippen LogP contribution in [0.2, 0.25) is 0 Å². The van der Waals surface area contributed by atoms with Gasteiger partial charge in [0.05, 0.1) is 4.92 Å². The highest BCUT2D eigenvalue weighted by atomic mass is 19.3. The van der Waals surface area contributed by atoms with Gasteiger partial charge in [-0.05, 0) is 6.07 Å². The third-order valence-electron chi connectivity index (χ3n) is 2.23. The van der Waals surface area contributed by atoms with Crippen molar-refractivity contribution in [2.45, 2.75) is 6.11 Å². The summed E-state index contributed by atoms with van der Waals surface area (Å²) in [5, 5.41) is 10.6. The maximum atomic E-state index is 13.6. The first-order valence-corrected chi connectivity index (χ1v) is 5.02. The predicted molar refractivity (Wildman–Crippen MR) is 61.5 cm³/mol. The van der Waals surface area contributed by atoms with E-state index in [4.69, 9.17) is 0 Å². The Hall–Kier alpha value is -2.25. The zero-order valence-corrected chi connectivity index (χ0v) is 10.2. The molecule has 5 nitrogen and oxygen atoms in total. The van der Waals surface area contributed by atoms with Crippen LogP contribution in [-0.4, -0.2) is 30.0 Å². The molecule has 0 amide bonds. The van der Waals surface area contributed by atoms with Crippen LogP contribution in [0.1, 0.15) is 0 Å². The number of benzene rings is 1. The minimum Gasteiger partial charge on any atom is -0.420 e. The second-order valence-electron chi connectivity index (χ2n) is 3.83. The fraction of sp³-hybridized carbons (Fsp3) is 0.273. The van der Waals surface area contributed by atoms with Gasteiger partial charge < -0.3 is 9.64 Å². The van der Waals surface area contributed by atoms with Gasteiger partial charge >= 0.3 is 11.8 Å². The summed E-state index contributed by atoms with van der Waals surface area (Å²) in [6.07, 6.45) is -3.89. The molecule has 1 aromatic rings. The van der Waals surface area contributed by atoms with E-state index < -0.39 is 34.0 Å². The van der Waals surface area contributed by atoms with Crippen LogP contribution in [0.25, 0.3) is 0 Å². The molecule has 0 radical (unpaired) electrons. The number of alkyl halides is 2. The van der Waals surface area contributed by atoms with E-state index in [1.165, 1.54) is 14.1 Å². The molecule has 0 saturated heterocycles. The average molecular weight is 276 g/mol. The van der Waals surface area contributed by atoms with Gasteiger partial charge in [0, 0.05) is 26.2 Å². The molecule has 0 aliphatic rings. The van der Waals surface area contributed by atoms with Gasteiger partial charge in [0.25, 0.3) is 0 Å². The minimum atomic E-state index is -3.89. The van der Waals surface area contributed by atoms with E-state index >= 15 is 0 Å². The SMILES string of the molecule is C=C(N(C)C)C(F)(F)Oc1cc(F)ccc1[N+](=O)[O-]. The first-order chi connectivity index (χ1) is 8.65. The van der Waals surface area contributed by atoms with Crippen molar-refractivity contribution in [3.63, 3.8) is 0 Å². The highest BCUT2D eigenvalue weighted by molar-refractivity contribution is 5.46. The Morgan fingerprint density at radius 3 is 2.53 bits per heavy atom. The van der Waals surface area contributed by atoms with E-state index in [1.807, 2.05) is 0 Å². The second kappa shape index (κ2) is 5.17. The Kier molecular flexibility index (Phi) is 4.03. The molecule has 1 aromatic carbocycles. The summed E-state index contributed by atoms with van der Waals surface area (Å²) < 4.78 is 44.4. The molecule has 1 rings (SSSR count). The number of likely N-dealkylation sites (N-methyl/N-ethyl adjacent to an activating group) is 1. The Morgan fingerprint density at radius 2 is 2.05 bits per heavy atom. The van der Waals surface area contributed by atoms with Gasteiger partial charge in [-0.25, -0.2) is 4.39 Å². The van der Waals surface area contributed by atoms with Gasteiger partial charge in [-0.1, -0.05) is 6.58 Å². The van der Waals surface area contributed by atoms with Crippen molar-refractivity contribution < 1.29 is 22.8 Å². The minimum absolute atomic E-state index is 0.523. The highest BCUT2D eigenvalue weighted by Gasteiger charge is 2.39. The normalized spacial score (nSPS) is 11.0. The maximum absolute atomic E-state index is 13.6. The van der Waals surface area contributed by atoms with Crippen LogP contribution < -0.4 is 4.74 Å². The predicted octanol–water partition coefficient (Wildman–Crippen LogP) is 2.78. The lowest BCUT2D eigenvalue weighted by Gasteiger charge is -2.24. The van der Waals surface area contributed by atoms with Gasteiger partial charge in [0.1, 0.15) is 11.5 Å². The fourth-order valence-corrected chi connectivity index (χ4v) is 1.18. The number of hydrogen-bond donors (Lipinski definition) is 0. The Labute approximate surface area is 107 Å². The van der Waals surface area contributed by atoms with Crippen molar-refractivity contribution in [2.24, 2.45) is 0 Å². The van der Waals surface area contributed by atoms with Crippen LogP contribution in [0.5, 0.6) is 5.75 Å². The first-order valence-electron chi connectivity index (χ1n) is 5.02. The van der Waals surface area contributed by atoms with Crippen molar-refractivity contribution in [2.75, 3.05) is 14.1 Å². The Balaban J connectivity index is 3.14. The molecule has 8 heteroatoms. The summed E-state index contributed by atoms with van der Waals surface area (Å²) in [5.41, 5.74) is -1.47. The van der Waals surface area contributed by atoms with E-state index in [1.54, 1.807) is 0 Å². The summed E-state index contributed by atoms with van der Waals surface area (Å²) in [4.78, 5) is 10.7. The number of rotatable bonds is 5. The van der Waals surface area contributed by atoms with Gasteiger partial charge in [-0.15, -0.1) is 0 Å². The van der Waals surface area contributed by atoms with Gasteiger partial charge in [-0.3, -0.25) is 10.1 Å². The molecule has 0 heterocycles. The summed E-state index contributed by atoms with van der Waals surface area (Å²) in [7, 11) is 2.61. The number of nitrogens with zero attached hydrogens (tertiary/aromatic N) is 2. The number of hydrogen-bond acceptors (Lipinski definition) is 4. The van der Waals surface area contributed by atoms with E-state index in [9.17, 15) is 23.3 Å². The van der Waals surface area contributed by atoms with E-state index in [-0.39, 0.29) is 0 Å². The van der Waals surface area contributed by atoms with E-state index in [0.29, 0.717) is 6.07 Å². The molecule has 19 heavy (non-hydrogen) atoms. The van der Waals surface area contributed by atoms with Gasteiger partial charge in [-0.2, -0.15) is 8.78 Å². The quantitative estimate of drug-likeness (QED) is 0.613. The Morgan fingerprint density at radius 1 is 1.47 bits per heavy atom. The van der Waals surface area contributed by atoms with Crippen LogP contribution in [0, 0.1) is 15.9 Å². The molecule has 0 saturated carbocycles. The second-order valence-corrected chi connectivity index (χ2v) is 3.83. The van der Waals surface area contributed by atoms with Crippen molar-refractivity contribution >= 4 is 5.69 Å². The highest BCUT2D eigenvalue weighted by Crippen LogP contribution is 2.34. The van der Waals surface area contributed by atoms with Crippen LogP contribution >= 0.6 is 0 Å². The van der Waals surface area contributed by atoms with Crippen LogP contribution in [0.3, 0.4) is 0 Å². The lowest BCUT2D eigenvalue weighted by molar-refractivity contribution is -0.387. The first kappa shape index (κ1) is 14.8. The molecule has 0 atom stereocenters. The number of halogens is 3. The van der Waals surface area contributed by atoms with E-state index in [2.05, 4.69) is 11.3 Å². The summed E-state index contributed by atoms with van der Waals surface area (Å²) in [5.74, 6) is -1.79. The molecule has 0 aliphatic carbocycles. The summed E-state index contributed by atoms with van der Waals surface area (Å²) >= 11 is 0. The van der Waals surface area contributed by atoms with Crippen LogP contribution in [-0.2, 0) is 0 Å². The molecular weight excluding hydrogens is 265 g/mol. The summed E-state index contributed by atoms with van der Waals surface area (Å²) in [6.45, 7) is 3.11. The Bertz CT molecular complexity index is 518. The smallest absolute Gasteiger partial charge is 0.420 e. The third-order valence-corrected chi connectivity index (χ3v) is 2.23. The van der Waals surface area contributed by atoms with Crippen LogP contribution in [0.15, 0.2) is 30.5 Å². The largest absolute Gasteiger partial charge is 0.441 e. The number of nitro groups is 1. The number of ether oxygens (including phenoxy) is 1. The molecular formula is C11H11F3N2O3. The van der Waals surface area contributed by atoms with Crippen molar-refractivity contribution in [3.8, 4) is 5.75 Å². The molecule has 0 fully saturated rings. The fourth-order valence-electron chi connectivity index (χ4n) is 1.18. The maximum Gasteiger partial charge on any atom is 0.441 e.